The maximum atomic E-state index is 13.4. The van der Waals surface area contributed by atoms with Gasteiger partial charge in [0, 0.05) is 41.4 Å². The molecule has 4 rings (SSSR count). The van der Waals surface area contributed by atoms with Crippen LogP contribution in [0.25, 0.3) is 0 Å². The molecule has 146 valence electrons. The van der Waals surface area contributed by atoms with E-state index in [0.29, 0.717) is 33.5 Å². The summed E-state index contributed by atoms with van der Waals surface area (Å²) in [6.45, 7) is 0. The molecule has 6 nitrogen and oxygen atoms in total. The molecule has 0 spiro atoms. The lowest BCUT2D eigenvalue weighted by Gasteiger charge is -2.19. The molecule has 0 bridgehead atoms. The fourth-order valence-corrected chi connectivity index (χ4v) is 6.74. The minimum absolute atomic E-state index is 0.0165. The number of aromatic nitrogens is 2. The number of hydrogen-bond donors (Lipinski definition) is 0. The second kappa shape index (κ2) is 7.17. The summed E-state index contributed by atoms with van der Waals surface area (Å²) in [6, 6.07) is 2.96. The first-order chi connectivity index (χ1) is 13.3. The van der Waals surface area contributed by atoms with Crippen molar-refractivity contribution >= 4 is 44.8 Å². The van der Waals surface area contributed by atoms with Crippen molar-refractivity contribution in [2.45, 2.75) is 35.7 Å². The van der Waals surface area contributed by atoms with Gasteiger partial charge in [0.2, 0.25) is 0 Å². The Kier molecular flexibility index (Phi) is 4.97. The lowest BCUT2D eigenvalue weighted by atomic mass is 9.91. The number of ketones is 2. The minimum Gasteiger partial charge on any atom is -0.329 e. The largest absolute Gasteiger partial charge is 0.329 e. The number of rotatable bonds is 4. The number of hydrogen-bond acceptors (Lipinski definition) is 6. The van der Waals surface area contributed by atoms with E-state index in [4.69, 9.17) is 11.6 Å². The molecule has 1 aliphatic heterocycles. The van der Waals surface area contributed by atoms with Crippen molar-refractivity contribution in [3.8, 4) is 0 Å². The number of benzene rings is 1. The van der Waals surface area contributed by atoms with Crippen molar-refractivity contribution in [1.82, 2.24) is 9.55 Å². The van der Waals surface area contributed by atoms with Gasteiger partial charge >= 0.3 is 0 Å². The lowest BCUT2D eigenvalue weighted by molar-refractivity contribution is -0.115. The van der Waals surface area contributed by atoms with E-state index >= 15 is 0 Å². The number of carbonyl (C=O) groups is 2. The summed E-state index contributed by atoms with van der Waals surface area (Å²) in [5.41, 5.74) is 0.584. The van der Waals surface area contributed by atoms with Crippen molar-refractivity contribution in [2.75, 3.05) is 5.75 Å². The molecule has 28 heavy (non-hydrogen) atoms. The van der Waals surface area contributed by atoms with E-state index < -0.39 is 15.6 Å². The van der Waals surface area contributed by atoms with Gasteiger partial charge in [-0.05, 0) is 37.0 Å². The Morgan fingerprint density at radius 2 is 2.04 bits per heavy atom. The van der Waals surface area contributed by atoms with Crippen LogP contribution in [0.4, 0.5) is 0 Å². The number of Topliss-reactive ketones (excluding diaryl/α,β-unsaturated/α-hetero) is 2. The first-order valence-corrected chi connectivity index (χ1v) is 11.6. The highest BCUT2D eigenvalue weighted by Gasteiger charge is 2.36. The lowest BCUT2D eigenvalue weighted by Crippen LogP contribution is -2.20. The van der Waals surface area contributed by atoms with Crippen LogP contribution < -0.4 is 0 Å². The molecule has 2 aromatic rings. The predicted molar refractivity (Wildman–Crippen MR) is 106 cm³/mol. The maximum absolute atomic E-state index is 13.4. The van der Waals surface area contributed by atoms with Gasteiger partial charge in [-0.2, -0.15) is 0 Å². The van der Waals surface area contributed by atoms with E-state index in [0.717, 1.165) is 0 Å². The molecule has 0 saturated heterocycles. The van der Waals surface area contributed by atoms with E-state index in [1.54, 1.807) is 12.4 Å². The van der Waals surface area contributed by atoms with E-state index in [1.165, 1.54) is 23.9 Å². The molecule has 0 amide bonds. The Morgan fingerprint density at radius 3 is 2.75 bits per heavy atom. The number of thioether (sulfide) groups is 1. The van der Waals surface area contributed by atoms with Crippen LogP contribution in [-0.4, -0.2) is 35.3 Å². The number of imidazole rings is 1. The van der Waals surface area contributed by atoms with Crippen LogP contribution in [0.1, 0.15) is 35.2 Å². The van der Waals surface area contributed by atoms with Crippen LogP contribution >= 0.6 is 23.4 Å². The summed E-state index contributed by atoms with van der Waals surface area (Å²) >= 11 is 7.44. The Balaban J connectivity index is 1.85. The van der Waals surface area contributed by atoms with Gasteiger partial charge in [0.25, 0.3) is 0 Å². The minimum atomic E-state index is -3.60. The molecular weight excluding hydrogens is 420 g/mol. The van der Waals surface area contributed by atoms with Crippen LogP contribution in [-0.2, 0) is 28.1 Å². The first-order valence-electron chi connectivity index (χ1n) is 8.80. The second-order valence-electron chi connectivity index (χ2n) is 6.80. The van der Waals surface area contributed by atoms with E-state index in [-0.39, 0.29) is 40.4 Å². The first kappa shape index (κ1) is 19.4. The van der Waals surface area contributed by atoms with Gasteiger partial charge in [0.1, 0.15) is 0 Å². The third-order valence-electron chi connectivity index (χ3n) is 4.96. The average molecular weight is 437 g/mol. The highest BCUT2D eigenvalue weighted by atomic mass is 35.5. The molecule has 0 radical (unpaired) electrons. The van der Waals surface area contributed by atoms with Crippen LogP contribution in [0.2, 0.25) is 5.02 Å². The molecule has 1 aliphatic carbocycles. The smallest absolute Gasteiger partial charge is 0.198 e. The van der Waals surface area contributed by atoms with Crippen LogP contribution in [0.15, 0.2) is 45.1 Å². The standard InChI is InChI=1S/C19H17ClN2O4S2/c1-22-9-8-21-19(22)27-15-4-2-3-14(23)16(15)17(24)12-5-6-13(20)11-7-10-28(25,26)18(11)12/h5-6,8-9H,2-4,7,10H2,1H3. The Bertz CT molecular complexity index is 1150. The normalized spacial score (nSPS) is 18.4. The van der Waals surface area contributed by atoms with Crippen molar-refractivity contribution in [3.05, 3.63) is 51.2 Å². The third kappa shape index (κ3) is 3.23. The summed E-state index contributed by atoms with van der Waals surface area (Å²) < 4.78 is 26.9. The van der Waals surface area contributed by atoms with E-state index in [2.05, 4.69) is 4.98 Å². The number of allylic oxidation sites excluding steroid dienone is 2. The Hall–Kier alpha value is -1.90. The predicted octanol–water partition coefficient (Wildman–Crippen LogP) is 3.39. The van der Waals surface area contributed by atoms with Gasteiger partial charge in [-0.15, -0.1) is 0 Å². The van der Waals surface area contributed by atoms with Gasteiger partial charge in [-0.25, -0.2) is 13.4 Å². The van der Waals surface area contributed by atoms with Crippen molar-refractivity contribution in [1.29, 1.82) is 0 Å². The van der Waals surface area contributed by atoms with Crippen molar-refractivity contribution in [2.24, 2.45) is 7.05 Å². The molecule has 2 aliphatic rings. The van der Waals surface area contributed by atoms with E-state index in [9.17, 15) is 18.0 Å². The topological polar surface area (TPSA) is 86.1 Å². The molecule has 0 fully saturated rings. The number of carbonyl (C=O) groups excluding carboxylic acids is 2. The number of fused-ring (bicyclic) bond motifs is 1. The van der Waals surface area contributed by atoms with Gasteiger partial charge in [-0.3, -0.25) is 9.59 Å². The zero-order valence-electron chi connectivity index (χ0n) is 15.1. The second-order valence-corrected chi connectivity index (χ2v) is 10.3. The number of halogens is 1. The van der Waals surface area contributed by atoms with E-state index in [1.807, 2.05) is 11.6 Å². The molecule has 0 saturated carbocycles. The summed E-state index contributed by atoms with van der Waals surface area (Å²) in [4.78, 5) is 30.9. The van der Waals surface area contributed by atoms with Crippen molar-refractivity contribution in [3.63, 3.8) is 0 Å². The average Bonchev–Trinajstić information content (AvgIpc) is 3.19. The molecule has 0 N–H and O–H groups in total. The molecule has 1 aromatic heterocycles. The van der Waals surface area contributed by atoms with Gasteiger partial charge < -0.3 is 4.57 Å². The molecule has 2 heterocycles. The molecular formula is C19H17ClN2O4S2. The summed E-state index contributed by atoms with van der Waals surface area (Å²) in [5.74, 6) is -0.874. The van der Waals surface area contributed by atoms with Crippen molar-refractivity contribution < 1.29 is 18.0 Å². The number of sulfone groups is 1. The Morgan fingerprint density at radius 1 is 1.25 bits per heavy atom. The molecule has 0 atom stereocenters. The van der Waals surface area contributed by atoms with Crippen LogP contribution in [0, 0.1) is 0 Å². The SMILES string of the molecule is Cn1ccnc1SC1=C(C(=O)c2ccc(Cl)c3c2S(=O)(=O)CC3)C(=O)CCC1. The zero-order valence-corrected chi connectivity index (χ0v) is 17.5. The van der Waals surface area contributed by atoms with Gasteiger partial charge in [-0.1, -0.05) is 23.4 Å². The summed E-state index contributed by atoms with van der Waals surface area (Å²) in [6.07, 6.45) is 5.21. The summed E-state index contributed by atoms with van der Waals surface area (Å²) in [5, 5.41) is 1.00. The zero-order chi connectivity index (χ0) is 20.1. The highest BCUT2D eigenvalue weighted by Crippen LogP contribution is 2.40. The Labute approximate surface area is 171 Å². The maximum Gasteiger partial charge on any atom is 0.198 e. The quantitative estimate of drug-likeness (QED) is 0.539. The third-order valence-corrected chi connectivity index (χ3v) is 8.38. The monoisotopic (exact) mass is 436 g/mol. The molecule has 0 unspecified atom stereocenters. The van der Waals surface area contributed by atoms with Crippen LogP contribution in [0.5, 0.6) is 0 Å². The molecule has 9 heteroatoms. The fourth-order valence-electron chi connectivity index (χ4n) is 3.57. The highest BCUT2D eigenvalue weighted by molar-refractivity contribution is 8.03. The van der Waals surface area contributed by atoms with Gasteiger partial charge in [0.15, 0.2) is 26.6 Å². The number of nitrogens with zero attached hydrogens (tertiary/aromatic N) is 2. The number of aryl methyl sites for hydroxylation is 1. The van der Waals surface area contributed by atoms with Gasteiger partial charge in [0.05, 0.1) is 16.2 Å². The van der Waals surface area contributed by atoms with Crippen LogP contribution in [0.3, 0.4) is 0 Å². The fraction of sp³-hybridized carbons (Fsp3) is 0.316. The molecule has 1 aromatic carbocycles. The summed E-state index contributed by atoms with van der Waals surface area (Å²) in [7, 11) is -1.76.